The van der Waals surface area contributed by atoms with Crippen LogP contribution in [0.3, 0.4) is 0 Å². The van der Waals surface area contributed by atoms with Crippen LogP contribution in [0.5, 0.6) is 0 Å². The van der Waals surface area contributed by atoms with Crippen molar-refractivity contribution in [1.82, 2.24) is 0 Å². The molecule has 0 aliphatic carbocycles. The van der Waals surface area contributed by atoms with Crippen LogP contribution in [0.15, 0.2) is 85.1 Å². The smallest absolute Gasteiger partial charge is 0.462 e. The number of esters is 3. The SMILES string of the molecule is CCCCC/C=C\C/C=C\CCCCCCCC(=O)OC[C@H](COP(=O)(O)OC[C@@H](O)COP(=O)(O)OC[C@@H](COCCCCCCCCC/C=C\CCCCCCC=O)OC(=O)CCCCCCC/C=C\C/C=C\CCCCC)OC(=O)CCCCCCC/C=C\C/C=C\CCCCC. The molecule has 0 aliphatic heterocycles. The van der Waals surface area contributed by atoms with Crippen molar-refractivity contribution in [2.45, 2.75) is 360 Å². The average Bonchev–Trinajstić information content (AvgIpc) is 0.942. The zero-order valence-corrected chi connectivity index (χ0v) is 64.9. The monoisotopic (exact) mass is 1450 g/mol. The number of aldehydes is 1. The Balaban J connectivity index is 5.31. The minimum atomic E-state index is -4.95. The summed E-state index contributed by atoms with van der Waals surface area (Å²) in [5.41, 5.74) is 0. The predicted octanol–water partition coefficient (Wildman–Crippen LogP) is 22.7. The van der Waals surface area contributed by atoms with E-state index >= 15 is 0 Å². The fraction of sp³-hybridized carbons (Fsp3) is 0.778. The van der Waals surface area contributed by atoms with E-state index in [0.717, 1.165) is 199 Å². The molecule has 17 nitrogen and oxygen atoms in total. The third-order valence-corrected chi connectivity index (χ3v) is 18.7. The van der Waals surface area contributed by atoms with Gasteiger partial charge in [0.05, 0.1) is 33.0 Å². The maximum Gasteiger partial charge on any atom is 0.472 e. The maximum absolute atomic E-state index is 13.1. The molecule has 0 saturated carbocycles. The van der Waals surface area contributed by atoms with E-state index in [1.165, 1.54) is 83.5 Å². The van der Waals surface area contributed by atoms with Gasteiger partial charge in [-0.3, -0.25) is 32.5 Å². The molecule has 5 atom stereocenters. The minimum Gasteiger partial charge on any atom is -0.462 e. The molecule has 0 amide bonds. The summed E-state index contributed by atoms with van der Waals surface area (Å²) in [5, 5.41) is 10.6. The summed E-state index contributed by atoms with van der Waals surface area (Å²) in [6.07, 6.45) is 77.5. The van der Waals surface area contributed by atoms with E-state index in [0.29, 0.717) is 32.3 Å². The van der Waals surface area contributed by atoms with Crippen molar-refractivity contribution in [2.24, 2.45) is 0 Å². The maximum atomic E-state index is 13.1. The van der Waals surface area contributed by atoms with Crippen LogP contribution in [-0.2, 0) is 65.4 Å². The second-order valence-electron chi connectivity index (χ2n) is 26.6. The quantitative estimate of drug-likeness (QED) is 0.0128. The first-order chi connectivity index (χ1) is 48.8. The topological polar surface area (TPSA) is 237 Å². The summed E-state index contributed by atoms with van der Waals surface area (Å²) >= 11 is 0. The number of aliphatic hydroxyl groups excluding tert-OH is 1. The van der Waals surface area contributed by atoms with Crippen LogP contribution in [0.4, 0.5) is 0 Å². The third kappa shape index (κ3) is 74.1. The van der Waals surface area contributed by atoms with E-state index in [1.54, 1.807) is 0 Å². The molecule has 0 spiro atoms. The number of hydrogen-bond donors (Lipinski definition) is 3. The Hall–Kier alpha value is -3.60. The largest absolute Gasteiger partial charge is 0.472 e. The van der Waals surface area contributed by atoms with Gasteiger partial charge < -0.3 is 38.6 Å². The van der Waals surface area contributed by atoms with Crippen molar-refractivity contribution < 1.29 is 80.2 Å². The first kappa shape index (κ1) is 96.4. The Morgan fingerprint density at radius 2 is 0.590 bits per heavy atom. The van der Waals surface area contributed by atoms with Crippen molar-refractivity contribution in [3.63, 3.8) is 0 Å². The van der Waals surface area contributed by atoms with E-state index in [4.69, 9.17) is 37.0 Å². The fourth-order valence-corrected chi connectivity index (χ4v) is 12.3. The normalized spacial score (nSPS) is 14.4. The molecule has 0 heterocycles. The van der Waals surface area contributed by atoms with Gasteiger partial charge in [0, 0.05) is 32.3 Å². The fourth-order valence-electron chi connectivity index (χ4n) is 10.7. The molecule has 580 valence electrons. The first-order valence-corrected chi connectivity index (χ1v) is 42.8. The van der Waals surface area contributed by atoms with Crippen LogP contribution in [-0.4, -0.2) is 104 Å². The number of phosphoric ester groups is 2. The molecule has 3 N–H and O–H groups in total. The molecule has 0 bridgehead atoms. The van der Waals surface area contributed by atoms with Gasteiger partial charge in [0.25, 0.3) is 0 Å². The van der Waals surface area contributed by atoms with Crippen molar-refractivity contribution in [3.05, 3.63) is 85.1 Å². The van der Waals surface area contributed by atoms with Gasteiger partial charge in [-0.1, -0.05) is 247 Å². The molecule has 19 heteroatoms. The van der Waals surface area contributed by atoms with Crippen molar-refractivity contribution in [3.8, 4) is 0 Å². The lowest BCUT2D eigenvalue weighted by atomic mass is 10.1. The van der Waals surface area contributed by atoms with Crippen LogP contribution in [0.2, 0.25) is 0 Å². The highest BCUT2D eigenvalue weighted by Crippen LogP contribution is 2.45. The number of ether oxygens (including phenoxy) is 4. The van der Waals surface area contributed by atoms with Crippen LogP contribution in [0, 0.1) is 0 Å². The molecule has 0 aromatic rings. The Morgan fingerprint density at radius 1 is 0.320 bits per heavy atom. The van der Waals surface area contributed by atoms with Gasteiger partial charge in [0.15, 0.2) is 6.10 Å². The summed E-state index contributed by atoms with van der Waals surface area (Å²) in [5.74, 6) is -1.58. The van der Waals surface area contributed by atoms with E-state index in [-0.39, 0.29) is 25.9 Å². The number of unbranched alkanes of at least 4 members (excludes halogenated alkanes) is 36. The van der Waals surface area contributed by atoms with Crippen LogP contribution < -0.4 is 0 Å². The second kappa shape index (κ2) is 75.1. The number of carbonyl (C=O) groups is 4. The molecule has 0 radical (unpaired) electrons. The lowest BCUT2D eigenvalue weighted by molar-refractivity contribution is -0.161. The Morgan fingerprint density at radius 3 is 0.930 bits per heavy atom. The first-order valence-electron chi connectivity index (χ1n) is 39.8. The minimum absolute atomic E-state index is 0.0837. The number of carbonyl (C=O) groups excluding carboxylic acids is 4. The number of rotatable bonds is 77. The van der Waals surface area contributed by atoms with Gasteiger partial charge in [-0.15, -0.1) is 0 Å². The number of aliphatic hydroxyl groups is 1. The molecule has 0 aromatic heterocycles. The van der Waals surface area contributed by atoms with Crippen LogP contribution in [0.1, 0.15) is 342 Å². The number of allylic oxidation sites excluding steroid dienone is 14. The third-order valence-electron chi connectivity index (χ3n) is 16.8. The Bertz CT molecular complexity index is 2190. The van der Waals surface area contributed by atoms with Gasteiger partial charge in [0.1, 0.15) is 25.1 Å². The zero-order chi connectivity index (χ0) is 73.0. The highest BCUT2D eigenvalue weighted by molar-refractivity contribution is 7.47. The van der Waals surface area contributed by atoms with E-state index < -0.39 is 84.9 Å². The molecule has 2 unspecified atom stereocenters. The molecule has 0 fully saturated rings. The van der Waals surface area contributed by atoms with Crippen molar-refractivity contribution in [2.75, 3.05) is 46.2 Å². The lowest BCUT2D eigenvalue weighted by Gasteiger charge is -2.21. The molecule has 0 rings (SSSR count). The van der Waals surface area contributed by atoms with Gasteiger partial charge in [-0.2, -0.15) is 0 Å². The van der Waals surface area contributed by atoms with E-state index in [2.05, 4.69) is 106 Å². The van der Waals surface area contributed by atoms with E-state index in [9.17, 15) is 43.2 Å². The lowest BCUT2D eigenvalue weighted by Crippen LogP contribution is -2.30. The standard InChI is InChI=1S/C81H144O17P2/c1-4-7-10-13-16-19-22-25-30-35-40-45-50-55-60-65-79(84)92-73-78(98-81(86)67-62-57-52-47-42-37-32-27-24-21-18-15-12-9-6-3)75-96-100(89,90)94-71-76(83)70-93-99(87,88)95-74-77(97-80(85)66-61-56-51-46-41-36-31-26-23-20-17-14-11-8-5-2)72-91-69-64-59-54-49-44-39-34-29-28-33-38-43-48-53-58-63-68-82/h16-21,25-28,30-33,68,76-78,83H,4-15,22-24,29,34-67,69-75H2,1-3H3,(H,87,88)(H,89,90)/b19-16-,20-17-,21-18-,30-25-,31-26-,32-27-,33-28-/t76-,77+,78+/m0/s1. The van der Waals surface area contributed by atoms with Crippen LogP contribution in [0.25, 0.3) is 0 Å². The van der Waals surface area contributed by atoms with Gasteiger partial charge >= 0.3 is 33.6 Å². The molecular weight excluding hydrogens is 1310 g/mol. The Labute approximate surface area is 608 Å². The highest BCUT2D eigenvalue weighted by Gasteiger charge is 2.30. The summed E-state index contributed by atoms with van der Waals surface area (Å²) in [7, 11) is -9.84. The van der Waals surface area contributed by atoms with E-state index in [1.807, 2.05) is 0 Å². The van der Waals surface area contributed by atoms with Crippen molar-refractivity contribution in [1.29, 1.82) is 0 Å². The molecular formula is C81H144O17P2. The summed E-state index contributed by atoms with van der Waals surface area (Å²) < 4.78 is 69.2. The molecule has 0 saturated heterocycles. The summed E-state index contributed by atoms with van der Waals surface area (Å²) in [6, 6.07) is 0. The molecule has 0 aromatic carbocycles. The summed E-state index contributed by atoms with van der Waals surface area (Å²) in [6.45, 7) is 3.56. The number of phosphoric acid groups is 2. The van der Waals surface area contributed by atoms with Gasteiger partial charge in [-0.25, -0.2) is 9.13 Å². The predicted molar refractivity (Wildman–Crippen MR) is 409 cm³/mol. The van der Waals surface area contributed by atoms with Crippen LogP contribution >= 0.6 is 15.6 Å². The number of hydrogen-bond acceptors (Lipinski definition) is 15. The summed E-state index contributed by atoms with van der Waals surface area (Å²) in [4.78, 5) is 70.6. The average molecular weight is 1450 g/mol. The Kier molecular flexibility index (Phi) is 72.4. The van der Waals surface area contributed by atoms with Gasteiger partial charge in [0.2, 0.25) is 0 Å². The molecule has 100 heavy (non-hydrogen) atoms. The molecule has 0 aliphatic rings. The van der Waals surface area contributed by atoms with Gasteiger partial charge in [-0.05, 0) is 154 Å². The highest BCUT2D eigenvalue weighted by atomic mass is 31.2. The van der Waals surface area contributed by atoms with Crippen molar-refractivity contribution >= 4 is 39.8 Å². The second-order valence-corrected chi connectivity index (χ2v) is 29.5. The zero-order valence-electron chi connectivity index (χ0n) is 63.1.